The summed E-state index contributed by atoms with van der Waals surface area (Å²) in [6, 6.07) is 8.89. The summed E-state index contributed by atoms with van der Waals surface area (Å²) < 4.78 is 2.90. The lowest BCUT2D eigenvalue weighted by Gasteiger charge is -2.22. The SMILES string of the molecule is Brc1ccccc1-n1cc(CN2CCC3CCCC32)nn1. The monoisotopic (exact) mass is 346 g/mol. The Labute approximate surface area is 133 Å². The first kappa shape index (κ1) is 13.5. The van der Waals surface area contributed by atoms with Crippen molar-refractivity contribution in [3.8, 4) is 5.69 Å². The van der Waals surface area contributed by atoms with Gasteiger partial charge in [-0.15, -0.1) is 5.10 Å². The summed E-state index contributed by atoms with van der Waals surface area (Å²) in [5, 5.41) is 8.65. The minimum Gasteiger partial charge on any atom is -0.294 e. The van der Waals surface area contributed by atoms with Gasteiger partial charge in [-0.05, 0) is 59.8 Å². The Morgan fingerprint density at radius 2 is 2.10 bits per heavy atom. The number of benzene rings is 1. The lowest BCUT2D eigenvalue weighted by atomic mass is 10.0. The summed E-state index contributed by atoms with van der Waals surface area (Å²) in [6.07, 6.45) is 7.61. The topological polar surface area (TPSA) is 34.0 Å². The van der Waals surface area contributed by atoms with Crippen LogP contribution < -0.4 is 0 Å². The molecule has 2 fully saturated rings. The third kappa shape index (κ3) is 2.53. The van der Waals surface area contributed by atoms with Gasteiger partial charge in [0, 0.05) is 17.1 Å². The Morgan fingerprint density at radius 1 is 1.19 bits per heavy atom. The number of aromatic nitrogens is 3. The van der Waals surface area contributed by atoms with Crippen molar-refractivity contribution in [2.45, 2.75) is 38.3 Å². The van der Waals surface area contributed by atoms with E-state index in [1.807, 2.05) is 28.9 Å². The number of para-hydroxylation sites is 1. The number of halogens is 1. The smallest absolute Gasteiger partial charge is 0.0971 e. The van der Waals surface area contributed by atoms with Gasteiger partial charge in [-0.1, -0.05) is 23.8 Å². The molecule has 2 unspecified atom stereocenters. The van der Waals surface area contributed by atoms with Gasteiger partial charge in [-0.25, -0.2) is 4.68 Å². The Kier molecular flexibility index (Phi) is 3.55. The van der Waals surface area contributed by atoms with E-state index in [1.54, 1.807) is 0 Å². The number of fused-ring (bicyclic) bond motifs is 1. The predicted octanol–water partition coefficient (Wildman–Crippen LogP) is 3.40. The largest absolute Gasteiger partial charge is 0.294 e. The minimum absolute atomic E-state index is 0.790. The molecule has 2 aliphatic rings. The fourth-order valence-electron chi connectivity index (χ4n) is 3.86. The van der Waals surface area contributed by atoms with Crippen LogP contribution in [0.1, 0.15) is 31.4 Å². The highest BCUT2D eigenvalue weighted by Crippen LogP contribution is 2.38. The van der Waals surface area contributed by atoms with Crippen LogP contribution in [0.3, 0.4) is 0 Å². The molecule has 1 saturated heterocycles. The van der Waals surface area contributed by atoms with Gasteiger partial charge in [0.25, 0.3) is 0 Å². The first-order valence-corrected chi connectivity index (χ1v) is 8.51. The second kappa shape index (κ2) is 5.54. The van der Waals surface area contributed by atoms with E-state index in [1.165, 1.54) is 32.2 Å². The maximum absolute atomic E-state index is 4.36. The van der Waals surface area contributed by atoms with Crippen LogP contribution >= 0.6 is 15.9 Å². The molecule has 110 valence electrons. The van der Waals surface area contributed by atoms with Crippen LogP contribution in [-0.4, -0.2) is 32.5 Å². The molecule has 0 radical (unpaired) electrons. The van der Waals surface area contributed by atoms with E-state index in [0.717, 1.165) is 34.4 Å². The molecule has 1 saturated carbocycles. The van der Waals surface area contributed by atoms with Gasteiger partial charge < -0.3 is 0 Å². The van der Waals surface area contributed by atoms with Crippen LogP contribution in [0.5, 0.6) is 0 Å². The molecule has 1 aliphatic heterocycles. The molecule has 2 heterocycles. The van der Waals surface area contributed by atoms with Gasteiger partial charge in [0.15, 0.2) is 0 Å². The fourth-order valence-corrected chi connectivity index (χ4v) is 4.33. The molecule has 0 N–H and O–H groups in total. The molecule has 2 aromatic rings. The van der Waals surface area contributed by atoms with Crippen LogP contribution in [0.25, 0.3) is 5.69 Å². The van der Waals surface area contributed by atoms with Gasteiger partial charge in [0.2, 0.25) is 0 Å². The third-order valence-corrected chi connectivity index (χ3v) is 5.55. The van der Waals surface area contributed by atoms with Gasteiger partial charge in [-0.2, -0.15) is 0 Å². The Hall–Kier alpha value is -1.20. The predicted molar refractivity (Wildman–Crippen MR) is 85.2 cm³/mol. The van der Waals surface area contributed by atoms with Gasteiger partial charge in [-0.3, -0.25) is 4.90 Å². The van der Waals surface area contributed by atoms with Gasteiger partial charge >= 0.3 is 0 Å². The molecule has 21 heavy (non-hydrogen) atoms. The standard InChI is InChI=1S/C16H19BrN4/c17-14-5-1-2-6-16(14)21-11-13(18-19-21)10-20-9-8-12-4-3-7-15(12)20/h1-2,5-6,11-12,15H,3-4,7-10H2. The van der Waals surface area contributed by atoms with Crippen molar-refractivity contribution < 1.29 is 0 Å². The Morgan fingerprint density at radius 3 is 3.00 bits per heavy atom. The third-order valence-electron chi connectivity index (χ3n) is 4.88. The maximum atomic E-state index is 4.36. The lowest BCUT2D eigenvalue weighted by molar-refractivity contribution is 0.230. The second-order valence-corrected chi connectivity index (χ2v) is 6.98. The van der Waals surface area contributed by atoms with Gasteiger partial charge in [0.1, 0.15) is 0 Å². The molecule has 4 nitrogen and oxygen atoms in total. The Balaban J connectivity index is 1.51. The molecule has 2 atom stereocenters. The van der Waals surface area contributed by atoms with Crippen LogP contribution in [0, 0.1) is 5.92 Å². The highest BCUT2D eigenvalue weighted by atomic mass is 79.9. The summed E-state index contributed by atoms with van der Waals surface area (Å²) in [5.41, 5.74) is 2.11. The van der Waals surface area contributed by atoms with E-state index in [9.17, 15) is 0 Å². The molecular formula is C16H19BrN4. The number of likely N-dealkylation sites (tertiary alicyclic amines) is 1. The zero-order valence-electron chi connectivity index (χ0n) is 12.0. The average molecular weight is 347 g/mol. The number of hydrogen-bond donors (Lipinski definition) is 0. The van der Waals surface area contributed by atoms with Crippen LogP contribution in [0.4, 0.5) is 0 Å². The molecule has 5 heteroatoms. The van der Waals surface area contributed by atoms with Crippen molar-refractivity contribution in [1.82, 2.24) is 19.9 Å². The maximum Gasteiger partial charge on any atom is 0.0971 e. The van der Waals surface area contributed by atoms with E-state index in [2.05, 4.69) is 37.3 Å². The molecule has 1 aromatic heterocycles. The summed E-state index contributed by atoms with van der Waals surface area (Å²) in [4.78, 5) is 2.60. The van der Waals surface area contributed by atoms with E-state index in [0.29, 0.717) is 0 Å². The van der Waals surface area contributed by atoms with Crippen molar-refractivity contribution in [3.63, 3.8) is 0 Å². The average Bonchev–Trinajstić information content (AvgIpc) is 3.18. The normalized spacial score (nSPS) is 25.4. The van der Waals surface area contributed by atoms with Crippen molar-refractivity contribution in [2.24, 2.45) is 5.92 Å². The molecule has 1 aliphatic carbocycles. The number of nitrogens with zero attached hydrogens (tertiary/aromatic N) is 4. The molecule has 0 spiro atoms. The first-order valence-electron chi connectivity index (χ1n) is 7.71. The van der Waals surface area contributed by atoms with Crippen LogP contribution in [-0.2, 0) is 6.54 Å². The number of rotatable bonds is 3. The highest BCUT2D eigenvalue weighted by Gasteiger charge is 2.37. The minimum atomic E-state index is 0.790. The van der Waals surface area contributed by atoms with E-state index < -0.39 is 0 Å². The van der Waals surface area contributed by atoms with Gasteiger partial charge in [0.05, 0.1) is 17.6 Å². The molecule has 4 rings (SSSR count). The number of hydrogen-bond acceptors (Lipinski definition) is 3. The summed E-state index contributed by atoms with van der Waals surface area (Å²) >= 11 is 3.57. The van der Waals surface area contributed by atoms with Crippen LogP contribution in [0.2, 0.25) is 0 Å². The van der Waals surface area contributed by atoms with Crippen molar-refractivity contribution >= 4 is 15.9 Å². The second-order valence-electron chi connectivity index (χ2n) is 6.12. The Bertz CT molecular complexity index is 639. The summed E-state index contributed by atoms with van der Waals surface area (Å²) in [6.45, 7) is 2.16. The van der Waals surface area contributed by atoms with Crippen molar-refractivity contribution in [1.29, 1.82) is 0 Å². The molecular weight excluding hydrogens is 328 g/mol. The zero-order chi connectivity index (χ0) is 14.2. The van der Waals surface area contributed by atoms with E-state index in [4.69, 9.17) is 0 Å². The fraction of sp³-hybridized carbons (Fsp3) is 0.500. The summed E-state index contributed by atoms with van der Waals surface area (Å²) in [7, 11) is 0. The zero-order valence-corrected chi connectivity index (χ0v) is 13.5. The highest BCUT2D eigenvalue weighted by molar-refractivity contribution is 9.10. The van der Waals surface area contributed by atoms with E-state index >= 15 is 0 Å². The molecule has 0 amide bonds. The van der Waals surface area contributed by atoms with Crippen LogP contribution in [0.15, 0.2) is 34.9 Å². The summed E-state index contributed by atoms with van der Waals surface area (Å²) in [5.74, 6) is 0.934. The van der Waals surface area contributed by atoms with E-state index in [-0.39, 0.29) is 0 Å². The van der Waals surface area contributed by atoms with Crippen molar-refractivity contribution in [2.75, 3.05) is 6.54 Å². The molecule has 1 aromatic carbocycles. The lowest BCUT2D eigenvalue weighted by Crippen LogP contribution is -2.29. The first-order chi connectivity index (χ1) is 10.3. The molecule has 0 bridgehead atoms. The van der Waals surface area contributed by atoms with Crippen molar-refractivity contribution in [3.05, 3.63) is 40.6 Å². The quantitative estimate of drug-likeness (QED) is 0.853.